The third-order valence-electron chi connectivity index (χ3n) is 3.87. The second kappa shape index (κ2) is 8.71. The number of carbonyl (C=O) groups excluding carboxylic acids is 1. The highest BCUT2D eigenvalue weighted by Crippen LogP contribution is 2.24. The molecule has 0 unspecified atom stereocenters. The van der Waals surface area contributed by atoms with Crippen LogP contribution in [0.25, 0.3) is 0 Å². The van der Waals surface area contributed by atoms with Gasteiger partial charge in [-0.1, -0.05) is 0 Å². The molecule has 0 atom stereocenters. The number of ether oxygens (including phenoxy) is 3. The van der Waals surface area contributed by atoms with E-state index in [2.05, 4.69) is 0 Å². The summed E-state index contributed by atoms with van der Waals surface area (Å²) in [5.41, 5.74) is -0.519. The van der Waals surface area contributed by atoms with Crippen LogP contribution >= 0.6 is 0 Å². The molecule has 0 aromatic heterocycles. The minimum atomic E-state index is -4.22. The molecule has 0 aliphatic carbocycles. The molecule has 1 aliphatic heterocycles. The lowest BCUT2D eigenvalue weighted by atomic mass is 10.1. The minimum Gasteiger partial charge on any atom is -0.493 e. The lowest BCUT2D eigenvalue weighted by molar-refractivity contribution is -0.139. The zero-order chi connectivity index (χ0) is 20.1. The van der Waals surface area contributed by atoms with E-state index >= 15 is 0 Å². The molecular weight excluding hydrogens is 363 g/mol. The molecule has 2 rings (SSSR count). The highest BCUT2D eigenvalue weighted by Gasteiger charge is 2.28. The summed E-state index contributed by atoms with van der Waals surface area (Å²) < 4.78 is 52.6. The maximum atomic E-state index is 12.1. The number of rotatable bonds is 5. The third-order valence-corrected chi connectivity index (χ3v) is 3.87. The molecule has 1 heterocycles. The van der Waals surface area contributed by atoms with E-state index in [9.17, 15) is 18.0 Å². The first kappa shape index (κ1) is 21.2. The van der Waals surface area contributed by atoms with E-state index in [1.807, 2.05) is 20.8 Å². The molecule has 152 valence electrons. The van der Waals surface area contributed by atoms with Crippen molar-refractivity contribution in [2.75, 3.05) is 19.7 Å². The average Bonchev–Trinajstić information content (AvgIpc) is 2.54. The number of amides is 1. The standard InChI is InChI=1S/C19H26F3NO4/c1-18(2,3)27-17(24)23-11-8-16(9-12-23)26-15-6-4-14(5-7-15)25-13-10-19(20,21)22/h4-7,16H,8-13H2,1-3H3. The first-order valence-corrected chi connectivity index (χ1v) is 8.96. The fourth-order valence-corrected chi connectivity index (χ4v) is 2.57. The molecular formula is C19H26F3NO4. The van der Waals surface area contributed by atoms with Crippen molar-refractivity contribution in [1.82, 2.24) is 4.90 Å². The Kier molecular flexibility index (Phi) is 6.84. The molecule has 1 fully saturated rings. The van der Waals surface area contributed by atoms with Crippen LogP contribution in [0.4, 0.5) is 18.0 Å². The Morgan fingerprint density at radius 3 is 2.15 bits per heavy atom. The summed E-state index contributed by atoms with van der Waals surface area (Å²) in [6.07, 6.45) is -4.19. The van der Waals surface area contributed by atoms with E-state index in [4.69, 9.17) is 14.2 Å². The van der Waals surface area contributed by atoms with Gasteiger partial charge in [-0.15, -0.1) is 0 Å². The highest BCUT2D eigenvalue weighted by molar-refractivity contribution is 5.68. The number of carbonyl (C=O) groups is 1. The van der Waals surface area contributed by atoms with Crippen molar-refractivity contribution in [3.05, 3.63) is 24.3 Å². The Labute approximate surface area is 157 Å². The molecule has 0 radical (unpaired) electrons. The normalized spacial score (nSPS) is 16.1. The molecule has 0 bridgehead atoms. The zero-order valence-electron chi connectivity index (χ0n) is 15.8. The van der Waals surface area contributed by atoms with Crippen LogP contribution in [0.2, 0.25) is 0 Å². The first-order valence-electron chi connectivity index (χ1n) is 8.96. The SMILES string of the molecule is CC(C)(C)OC(=O)N1CCC(Oc2ccc(OCCC(F)(F)F)cc2)CC1. The molecule has 0 spiro atoms. The molecule has 1 amide bonds. The Hall–Kier alpha value is -2.12. The molecule has 27 heavy (non-hydrogen) atoms. The number of hydrogen-bond acceptors (Lipinski definition) is 4. The van der Waals surface area contributed by atoms with Gasteiger partial charge in [0.2, 0.25) is 0 Å². The maximum absolute atomic E-state index is 12.1. The Bertz CT molecular complexity index is 603. The van der Waals surface area contributed by atoms with E-state index in [0.29, 0.717) is 37.4 Å². The van der Waals surface area contributed by atoms with Crippen LogP contribution in [-0.2, 0) is 4.74 Å². The summed E-state index contributed by atoms with van der Waals surface area (Å²) in [7, 11) is 0. The summed E-state index contributed by atoms with van der Waals surface area (Å²) in [5, 5.41) is 0. The first-order chi connectivity index (χ1) is 12.5. The van der Waals surface area contributed by atoms with Gasteiger partial charge < -0.3 is 19.1 Å². The number of alkyl halides is 3. The lowest BCUT2D eigenvalue weighted by Gasteiger charge is -2.33. The van der Waals surface area contributed by atoms with Crippen molar-refractivity contribution in [3.63, 3.8) is 0 Å². The predicted molar refractivity (Wildman–Crippen MR) is 94.1 cm³/mol. The molecule has 1 aromatic carbocycles. The van der Waals surface area contributed by atoms with Gasteiger partial charge in [-0.2, -0.15) is 13.2 Å². The van der Waals surface area contributed by atoms with Crippen LogP contribution < -0.4 is 9.47 Å². The van der Waals surface area contributed by atoms with E-state index < -0.39 is 24.8 Å². The van der Waals surface area contributed by atoms with Gasteiger partial charge in [-0.25, -0.2) is 4.79 Å². The van der Waals surface area contributed by atoms with E-state index in [1.54, 1.807) is 29.2 Å². The lowest BCUT2D eigenvalue weighted by Crippen LogP contribution is -2.44. The van der Waals surface area contributed by atoms with Gasteiger partial charge in [0.15, 0.2) is 0 Å². The number of halogens is 3. The summed E-state index contributed by atoms with van der Waals surface area (Å²) >= 11 is 0. The number of piperidine rings is 1. The van der Waals surface area contributed by atoms with Gasteiger partial charge in [0.1, 0.15) is 23.2 Å². The van der Waals surface area contributed by atoms with E-state index in [1.165, 1.54) is 0 Å². The molecule has 5 nitrogen and oxygen atoms in total. The zero-order valence-corrected chi connectivity index (χ0v) is 15.8. The molecule has 1 aromatic rings. The number of likely N-dealkylation sites (tertiary alicyclic amines) is 1. The highest BCUT2D eigenvalue weighted by atomic mass is 19.4. The molecule has 0 N–H and O–H groups in total. The van der Waals surface area contributed by atoms with Crippen molar-refractivity contribution in [2.45, 2.75) is 57.9 Å². The summed E-state index contributed by atoms with van der Waals surface area (Å²) in [6.45, 7) is 6.19. The van der Waals surface area contributed by atoms with Gasteiger partial charge in [-0.05, 0) is 45.0 Å². The number of benzene rings is 1. The topological polar surface area (TPSA) is 48.0 Å². The molecule has 1 saturated heterocycles. The van der Waals surface area contributed by atoms with Crippen molar-refractivity contribution in [3.8, 4) is 11.5 Å². The Morgan fingerprint density at radius 2 is 1.63 bits per heavy atom. The van der Waals surface area contributed by atoms with Crippen molar-refractivity contribution in [2.24, 2.45) is 0 Å². The van der Waals surface area contributed by atoms with Crippen LogP contribution in [0.15, 0.2) is 24.3 Å². The number of nitrogens with zero attached hydrogens (tertiary/aromatic N) is 1. The summed E-state index contributed by atoms with van der Waals surface area (Å²) in [4.78, 5) is 13.7. The van der Waals surface area contributed by atoms with Gasteiger partial charge >= 0.3 is 12.3 Å². The quantitative estimate of drug-likeness (QED) is 0.726. The van der Waals surface area contributed by atoms with Crippen LogP contribution in [-0.4, -0.2) is 48.6 Å². The van der Waals surface area contributed by atoms with Crippen molar-refractivity contribution >= 4 is 6.09 Å². The van der Waals surface area contributed by atoms with Crippen LogP contribution in [0.5, 0.6) is 11.5 Å². The molecule has 8 heteroatoms. The second-order valence-corrected chi connectivity index (χ2v) is 7.47. The Morgan fingerprint density at radius 1 is 1.07 bits per heavy atom. The van der Waals surface area contributed by atoms with Crippen molar-refractivity contribution < 1.29 is 32.2 Å². The minimum absolute atomic E-state index is 0.0271. The maximum Gasteiger partial charge on any atom is 0.410 e. The van der Waals surface area contributed by atoms with Gasteiger partial charge in [-0.3, -0.25) is 0 Å². The average molecular weight is 389 g/mol. The van der Waals surface area contributed by atoms with Crippen molar-refractivity contribution in [1.29, 1.82) is 0 Å². The summed E-state index contributed by atoms with van der Waals surface area (Å²) in [5.74, 6) is 0.986. The van der Waals surface area contributed by atoms with Crippen LogP contribution in [0, 0.1) is 0 Å². The molecule has 0 saturated carbocycles. The Balaban J connectivity index is 1.74. The van der Waals surface area contributed by atoms with Gasteiger partial charge in [0.25, 0.3) is 0 Å². The number of hydrogen-bond donors (Lipinski definition) is 0. The van der Waals surface area contributed by atoms with Crippen LogP contribution in [0.3, 0.4) is 0 Å². The van der Waals surface area contributed by atoms with Crippen LogP contribution in [0.1, 0.15) is 40.0 Å². The molecule has 1 aliphatic rings. The third kappa shape index (κ3) is 7.97. The monoisotopic (exact) mass is 389 g/mol. The fraction of sp³-hybridized carbons (Fsp3) is 0.632. The fourth-order valence-electron chi connectivity index (χ4n) is 2.57. The van der Waals surface area contributed by atoms with Gasteiger partial charge in [0, 0.05) is 25.9 Å². The van der Waals surface area contributed by atoms with Gasteiger partial charge in [0.05, 0.1) is 13.0 Å². The smallest absolute Gasteiger partial charge is 0.410 e. The largest absolute Gasteiger partial charge is 0.493 e. The predicted octanol–water partition coefficient (Wildman–Crippen LogP) is 4.80. The second-order valence-electron chi connectivity index (χ2n) is 7.47. The van der Waals surface area contributed by atoms with E-state index in [-0.39, 0.29) is 12.2 Å². The summed E-state index contributed by atoms with van der Waals surface area (Å²) in [6, 6.07) is 6.51. The van der Waals surface area contributed by atoms with E-state index in [0.717, 1.165) is 0 Å².